The zero-order valence-corrected chi connectivity index (χ0v) is 10.9. The lowest BCUT2D eigenvalue weighted by Crippen LogP contribution is -2.27. The van der Waals surface area contributed by atoms with Crippen LogP contribution < -0.4 is 0 Å². The third-order valence-corrected chi connectivity index (χ3v) is 3.32. The van der Waals surface area contributed by atoms with E-state index in [9.17, 15) is 9.90 Å². The molecule has 0 aliphatic rings. The number of hydrogen-bond acceptors (Lipinski definition) is 3. The lowest BCUT2D eigenvalue weighted by Gasteiger charge is -2.16. The quantitative estimate of drug-likeness (QED) is 0.840. The molecule has 96 valence electrons. The van der Waals surface area contributed by atoms with Crippen LogP contribution in [0.5, 0.6) is 0 Å². The first-order valence-corrected chi connectivity index (χ1v) is 5.95. The van der Waals surface area contributed by atoms with Gasteiger partial charge in [0.25, 0.3) is 0 Å². The number of carbonyl (C=O) groups is 1. The summed E-state index contributed by atoms with van der Waals surface area (Å²) >= 11 is 5.95. The molecule has 0 fully saturated rings. The molecule has 1 aromatic heterocycles. The van der Waals surface area contributed by atoms with Crippen LogP contribution in [0.25, 0.3) is 10.9 Å². The molecular formula is C13H14ClNO3. The molecule has 0 bridgehead atoms. The summed E-state index contributed by atoms with van der Waals surface area (Å²) in [4.78, 5) is 14.4. The number of H-pyrrole nitrogens is 1. The summed E-state index contributed by atoms with van der Waals surface area (Å²) in [7, 11) is 1.25. The van der Waals surface area contributed by atoms with Gasteiger partial charge >= 0.3 is 5.97 Å². The van der Waals surface area contributed by atoms with Crippen molar-refractivity contribution in [1.29, 1.82) is 0 Å². The number of esters is 1. The summed E-state index contributed by atoms with van der Waals surface area (Å²) in [6.45, 7) is 1.77. The monoisotopic (exact) mass is 267 g/mol. The molecule has 2 atom stereocenters. The molecule has 2 N–H and O–H groups in total. The van der Waals surface area contributed by atoms with Crippen molar-refractivity contribution in [2.24, 2.45) is 0 Å². The zero-order chi connectivity index (χ0) is 13.3. The van der Waals surface area contributed by atoms with E-state index in [1.54, 1.807) is 19.2 Å². The Bertz CT molecular complexity index is 579. The number of carbonyl (C=O) groups excluding carboxylic acids is 1. The maximum Gasteiger partial charge on any atom is 0.335 e. The second kappa shape index (κ2) is 5.00. The fourth-order valence-corrected chi connectivity index (χ4v) is 2.16. The lowest BCUT2D eigenvalue weighted by molar-refractivity contribution is -0.151. The third-order valence-electron chi connectivity index (χ3n) is 3.08. The first-order chi connectivity index (χ1) is 8.54. The highest BCUT2D eigenvalue weighted by atomic mass is 35.5. The number of halogens is 1. The largest absolute Gasteiger partial charge is 0.467 e. The Labute approximate surface area is 110 Å². The minimum absolute atomic E-state index is 0.371. The van der Waals surface area contributed by atoms with Gasteiger partial charge in [-0.2, -0.15) is 0 Å². The maximum absolute atomic E-state index is 11.3. The molecule has 4 nitrogen and oxygen atoms in total. The van der Waals surface area contributed by atoms with Gasteiger partial charge in [-0.05, 0) is 23.8 Å². The molecule has 0 saturated carbocycles. The summed E-state index contributed by atoms with van der Waals surface area (Å²) in [5, 5.41) is 11.4. The van der Waals surface area contributed by atoms with E-state index in [0.717, 1.165) is 16.5 Å². The molecule has 0 amide bonds. The second-order valence-electron chi connectivity index (χ2n) is 4.19. The van der Waals surface area contributed by atoms with Crippen LogP contribution in [-0.2, 0) is 9.53 Å². The number of aliphatic hydroxyl groups is 1. The Morgan fingerprint density at radius 1 is 1.50 bits per heavy atom. The van der Waals surface area contributed by atoms with Crippen molar-refractivity contribution in [3.8, 4) is 0 Å². The number of aromatic amines is 1. The number of methoxy groups -OCH3 is 1. The number of rotatable bonds is 3. The van der Waals surface area contributed by atoms with E-state index in [0.29, 0.717) is 5.02 Å². The van der Waals surface area contributed by atoms with Crippen molar-refractivity contribution in [3.05, 3.63) is 35.0 Å². The number of nitrogens with one attached hydrogen (secondary N) is 1. The zero-order valence-electron chi connectivity index (χ0n) is 10.1. The van der Waals surface area contributed by atoms with E-state index in [1.165, 1.54) is 7.11 Å². The number of hydrogen-bond donors (Lipinski definition) is 2. The fourth-order valence-electron chi connectivity index (χ4n) is 1.99. The summed E-state index contributed by atoms with van der Waals surface area (Å²) in [6.07, 6.45) is 0.589. The summed E-state index contributed by atoms with van der Waals surface area (Å²) in [5.41, 5.74) is 1.75. The fraction of sp³-hybridized carbons (Fsp3) is 0.308. The van der Waals surface area contributed by atoms with Gasteiger partial charge in [-0.15, -0.1) is 0 Å². The summed E-state index contributed by atoms with van der Waals surface area (Å²) in [6, 6.07) is 5.45. The van der Waals surface area contributed by atoms with Crippen molar-refractivity contribution in [3.63, 3.8) is 0 Å². The molecule has 2 aromatic rings. The maximum atomic E-state index is 11.3. The molecule has 2 rings (SSSR count). The van der Waals surface area contributed by atoms with Gasteiger partial charge in [0.15, 0.2) is 6.10 Å². The normalized spacial score (nSPS) is 14.4. The molecule has 0 unspecified atom stereocenters. The SMILES string of the molecule is COC(=O)[C@@H](O)[C@H](C)c1c[nH]c2ccc(Cl)cc12. The topological polar surface area (TPSA) is 62.3 Å². The van der Waals surface area contributed by atoms with E-state index in [1.807, 2.05) is 12.1 Å². The van der Waals surface area contributed by atoms with E-state index in [-0.39, 0.29) is 5.92 Å². The highest BCUT2D eigenvalue weighted by Crippen LogP contribution is 2.29. The first-order valence-electron chi connectivity index (χ1n) is 5.57. The average molecular weight is 268 g/mol. The Hall–Kier alpha value is -1.52. The van der Waals surface area contributed by atoms with Crippen LogP contribution >= 0.6 is 11.6 Å². The smallest absolute Gasteiger partial charge is 0.335 e. The molecular weight excluding hydrogens is 254 g/mol. The molecule has 18 heavy (non-hydrogen) atoms. The molecule has 0 aliphatic carbocycles. The molecule has 0 aliphatic heterocycles. The van der Waals surface area contributed by atoms with Crippen molar-refractivity contribution in [1.82, 2.24) is 4.98 Å². The summed E-state index contributed by atoms with van der Waals surface area (Å²) < 4.78 is 4.54. The molecule has 1 heterocycles. The predicted octanol–water partition coefficient (Wildman–Crippen LogP) is 2.46. The molecule has 5 heteroatoms. The van der Waals surface area contributed by atoms with Gasteiger partial charge in [0.1, 0.15) is 0 Å². The van der Waals surface area contributed by atoms with Crippen molar-refractivity contribution >= 4 is 28.5 Å². The van der Waals surface area contributed by atoms with Gasteiger partial charge in [0.2, 0.25) is 0 Å². The van der Waals surface area contributed by atoms with Crippen molar-refractivity contribution < 1.29 is 14.6 Å². The van der Waals surface area contributed by atoms with Gasteiger partial charge in [-0.1, -0.05) is 18.5 Å². The van der Waals surface area contributed by atoms with E-state index in [2.05, 4.69) is 9.72 Å². The van der Waals surface area contributed by atoms with Crippen molar-refractivity contribution in [2.45, 2.75) is 18.9 Å². The van der Waals surface area contributed by atoms with Crippen molar-refractivity contribution in [2.75, 3.05) is 7.11 Å². The molecule has 1 aromatic carbocycles. The third kappa shape index (κ3) is 2.21. The van der Waals surface area contributed by atoms with Gasteiger partial charge in [-0.3, -0.25) is 0 Å². The van der Waals surface area contributed by atoms with Crippen LogP contribution in [0.1, 0.15) is 18.4 Å². The van der Waals surface area contributed by atoms with Crippen LogP contribution in [-0.4, -0.2) is 29.3 Å². The highest BCUT2D eigenvalue weighted by molar-refractivity contribution is 6.31. The van der Waals surface area contributed by atoms with E-state index < -0.39 is 12.1 Å². The number of aliphatic hydroxyl groups excluding tert-OH is 1. The number of aromatic nitrogens is 1. The van der Waals surface area contributed by atoms with Crippen LogP contribution in [0.3, 0.4) is 0 Å². The Kier molecular flexibility index (Phi) is 3.59. The molecule has 0 saturated heterocycles. The minimum Gasteiger partial charge on any atom is -0.467 e. The van der Waals surface area contributed by atoms with E-state index >= 15 is 0 Å². The Morgan fingerprint density at radius 2 is 2.22 bits per heavy atom. The minimum atomic E-state index is -1.19. The highest BCUT2D eigenvalue weighted by Gasteiger charge is 2.26. The first kappa shape index (κ1) is 12.9. The number of benzene rings is 1. The van der Waals surface area contributed by atoms with Crippen LogP contribution in [0.15, 0.2) is 24.4 Å². The van der Waals surface area contributed by atoms with Crippen LogP contribution in [0.2, 0.25) is 5.02 Å². The van der Waals surface area contributed by atoms with E-state index in [4.69, 9.17) is 11.6 Å². The van der Waals surface area contributed by atoms with Crippen LogP contribution in [0, 0.1) is 0 Å². The standard InChI is InChI=1S/C13H14ClNO3/c1-7(12(16)13(17)18-2)10-6-15-11-4-3-8(14)5-9(10)11/h3-7,12,15-16H,1-2H3/t7-,12+/m1/s1. The predicted molar refractivity (Wildman–Crippen MR) is 69.7 cm³/mol. The second-order valence-corrected chi connectivity index (χ2v) is 4.63. The Balaban J connectivity index is 2.41. The average Bonchev–Trinajstić information content (AvgIpc) is 2.78. The van der Waals surface area contributed by atoms with Gasteiger partial charge < -0.3 is 14.8 Å². The summed E-state index contributed by atoms with van der Waals surface area (Å²) in [5.74, 6) is -1.01. The van der Waals surface area contributed by atoms with Gasteiger partial charge in [0, 0.05) is 28.0 Å². The number of ether oxygens (including phenoxy) is 1. The lowest BCUT2D eigenvalue weighted by atomic mass is 9.95. The Morgan fingerprint density at radius 3 is 2.89 bits per heavy atom. The van der Waals surface area contributed by atoms with Crippen LogP contribution in [0.4, 0.5) is 0 Å². The number of fused-ring (bicyclic) bond motifs is 1. The van der Waals surface area contributed by atoms with Gasteiger partial charge in [-0.25, -0.2) is 4.79 Å². The van der Waals surface area contributed by atoms with Gasteiger partial charge in [0.05, 0.1) is 7.11 Å². The molecule has 0 spiro atoms. The molecule has 0 radical (unpaired) electrons.